The maximum Gasteiger partial charge on any atom is 0.105 e. The van der Waals surface area contributed by atoms with Gasteiger partial charge < -0.3 is 5.73 Å². The third kappa shape index (κ3) is 2.54. The van der Waals surface area contributed by atoms with Gasteiger partial charge in [-0.05, 0) is 43.1 Å². The van der Waals surface area contributed by atoms with Crippen molar-refractivity contribution in [1.29, 1.82) is 0 Å². The molecular formula is C14H22FN. The molecule has 16 heavy (non-hydrogen) atoms. The van der Waals surface area contributed by atoms with Gasteiger partial charge in [-0.15, -0.1) is 0 Å². The Kier molecular flexibility index (Phi) is 3.80. The Labute approximate surface area is 97.6 Å². The van der Waals surface area contributed by atoms with E-state index in [1.54, 1.807) is 0 Å². The lowest BCUT2D eigenvalue weighted by Gasteiger charge is -2.25. The first-order valence-corrected chi connectivity index (χ1v) is 6.46. The van der Waals surface area contributed by atoms with Crippen molar-refractivity contribution in [2.24, 2.45) is 23.5 Å². The zero-order chi connectivity index (χ0) is 11.5. The van der Waals surface area contributed by atoms with Crippen LogP contribution in [0.5, 0.6) is 0 Å². The molecule has 0 spiro atoms. The molecule has 0 heterocycles. The molecule has 0 radical (unpaired) electrons. The Balaban J connectivity index is 1.96. The molecule has 2 rings (SSSR count). The summed E-state index contributed by atoms with van der Waals surface area (Å²) in [6.07, 6.45) is 11.6. The number of hydrogen-bond acceptors (Lipinski definition) is 1. The van der Waals surface area contributed by atoms with Gasteiger partial charge in [-0.1, -0.05) is 25.2 Å². The van der Waals surface area contributed by atoms with E-state index in [-0.39, 0.29) is 12.0 Å². The predicted molar refractivity (Wildman–Crippen MR) is 65.8 cm³/mol. The van der Waals surface area contributed by atoms with Crippen molar-refractivity contribution in [2.75, 3.05) is 6.67 Å². The van der Waals surface area contributed by atoms with E-state index in [2.05, 4.69) is 25.2 Å². The molecule has 0 aliphatic heterocycles. The molecule has 0 saturated heterocycles. The highest BCUT2D eigenvalue weighted by atomic mass is 19.1. The fourth-order valence-electron chi connectivity index (χ4n) is 2.70. The number of nitrogens with two attached hydrogens (primary N) is 1. The molecule has 1 fully saturated rings. The highest BCUT2D eigenvalue weighted by Crippen LogP contribution is 2.41. The molecule has 0 amide bonds. The van der Waals surface area contributed by atoms with Crippen LogP contribution in [0.1, 0.15) is 32.6 Å². The number of halogens is 1. The number of alkyl halides is 1. The Morgan fingerprint density at radius 1 is 1.50 bits per heavy atom. The van der Waals surface area contributed by atoms with Crippen LogP contribution >= 0.6 is 0 Å². The third-order valence-corrected chi connectivity index (χ3v) is 3.95. The maximum absolute atomic E-state index is 12.6. The van der Waals surface area contributed by atoms with Gasteiger partial charge in [0.1, 0.15) is 6.67 Å². The van der Waals surface area contributed by atoms with Gasteiger partial charge in [-0.2, -0.15) is 0 Å². The van der Waals surface area contributed by atoms with Gasteiger partial charge in [0.15, 0.2) is 0 Å². The lowest BCUT2D eigenvalue weighted by atomic mass is 9.83. The van der Waals surface area contributed by atoms with Crippen LogP contribution in [0.25, 0.3) is 0 Å². The summed E-state index contributed by atoms with van der Waals surface area (Å²) in [6.45, 7) is 1.66. The van der Waals surface area contributed by atoms with E-state index < -0.39 is 6.67 Å². The normalized spacial score (nSPS) is 28.7. The summed E-state index contributed by atoms with van der Waals surface area (Å²) < 4.78 is 12.6. The molecule has 1 saturated carbocycles. The second-order valence-corrected chi connectivity index (χ2v) is 5.13. The van der Waals surface area contributed by atoms with E-state index in [1.165, 1.54) is 18.4 Å². The maximum atomic E-state index is 12.6. The average molecular weight is 223 g/mol. The lowest BCUT2D eigenvalue weighted by molar-refractivity contribution is 0.356. The molecule has 2 aliphatic rings. The summed E-state index contributed by atoms with van der Waals surface area (Å²) in [7, 11) is 0. The molecular weight excluding hydrogens is 201 g/mol. The van der Waals surface area contributed by atoms with E-state index in [4.69, 9.17) is 5.73 Å². The highest BCUT2D eigenvalue weighted by Gasteiger charge is 2.30. The van der Waals surface area contributed by atoms with Crippen molar-refractivity contribution in [1.82, 2.24) is 0 Å². The second kappa shape index (κ2) is 5.13. The molecule has 0 aromatic heterocycles. The highest BCUT2D eigenvalue weighted by molar-refractivity contribution is 5.28. The van der Waals surface area contributed by atoms with Crippen molar-refractivity contribution >= 4 is 0 Å². The summed E-state index contributed by atoms with van der Waals surface area (Å²) in [6, 6.07) is -0.335. The minimum absolute atomic E-state index is 0.196. The lowest BCUT2D eigenvalue weighted by Crippen LogP contribution is -2.33. The van der Waals surface area contributed by atoms with Crippen LogP contribution in [0, 0.1) is 17.8 Å². The second-order valence-electron chi connectivity index (χ2n) is 5.13. The van der Waals surface area contributed by atoms with Gasteiger partial charge in [-0.25, -0.2) is 4.39 Å². The van der Waals surface area contributed by atoms with E-state index in [9.17, 15) is 4.39 Å². The number of rotatable bonds is 5. The van der Waals surface area contributed by atoms with E-state index in [1.807, 2.05) is 0 Å². The standard InChI is InChI=1S/C14H22FN/c1-2-13(14(16)9-15)12-7-5-11(6-8-12)10-3-4-10/h5,7-8,10-11,13-14H,2-4,6,9,16H2,1H3. The summed E-state index contributed by atoms with van der Waals surface area (Å²) in [5.41, 5.74) is 7.07. The zero-order valence-corrected chi connectivity index (χ0v) is 10.0. The van der Waals surface area contributed by atoms with Crippen LogP contribution in [0.15, 0.2) is 23.8 Å². The molecule has 0 bridgehead atoms. The first-order valence-electron chi connectivity index (χ1n) is 6.46. The Bertz CT molecular complexity index is 291. The number of hydrogen-bond donors (Lipinski definition) is 1. The molecule has 2 heteroatoms. The van der Waals surface area contributed by atoms with Crippen LogP contribution in [0.3, 0.4) is 0 Å². The van der Waals surface area contributed by atoms with Gasteiger partial charge in [0.2, 0.25) is 0 Å². The fraction of sp³-hybridized carbons (Fsp3) is 0.714. The zero-order valence-electron chi connectivity index (χ0n) is 10.0. The van der Waals surface area contributed by atoms with Crippen molar-refractivity contribution < 1.29 is 4.39 Å². The monoisotopic (exact) mass is 223 g/mol. The van der Waals surface area contributed by atoms with Gasteiger partial charge in [0.05, 0.1) is 0 Å². The first kappa shape index (κ1) is 11.8. The molecule has 2 N–H and O–H groups in total. The van der Waals surface area contributed by atoms with Crippen molar-refractivity contribution in [3.63, 3.8) is 0 Å². The van der Waals surface area contributed by atoms with Crippen LogP contribution in [-0.4, -0.2) is 12.7 Å². The van der Waals surface area contributed by atoms with Crippen LogP contribution in [0.2, 0.25) is 0 Å². The minimum atomic E-state index is -0.421. The molecule has 0 aromatic rings. The summed E-state index contributed by atoms with van der Waals surface area (Å²) in [5, 5.41) is 0. The molecule has 1 nitrogen and oxygen atoms in total. The topological polar surface area (TPSA) is 26.0 Å². The van der Waals surface area contributed by atoms with Gasteiger partial charge in [0, 0.05) is 12.0 Å². The summed E-state index contributed by atoms with van der Waals surface area (Å²) >= 11 is 0. The molecule has 90 valence electrons. The fourth-order valence-corrected chi connectivity index (χ4v) is 2.70. The van der Waals surface area contributed by atoms with Gasteiger partial charge in [-0.3, -0.25) is 0 Å². The summed E-state index contributed by atoms with van der Waals surface area (Å²) in [4.78, 5) is 0. The molecule has 2 aliphatic carbocycles. The largest absolute Gasteiger partial charge is 0.325 e. The predicted octanol–water partition coefficient (Wildman–Crippen LogP) is 3.22. The Hall–Kier alpha value is -0.630. The molecule has 0 aromatic carbocycles. The van der Waals surface area contributed by atoms with Crippen molar-refractivity contribution in [3.8, 4) is 0 Å². The molecule has 3 atom stereocenters. The van der Waals surface area contributed by atoms with Gasteiger partial charge in [0.25, 0.3) is 0 Å². The Morgan fingerprint density at radius 3 is 2.69 bits per heavy atom. The quantitative estimate of drug-likeness (QED) is 0.761. The van der Waals surface area contributed by atoms with Crippen molar-refractivity contribution in [2.45, 2.75) is 38.6 Å². The van der Waals surface area contributed by atoms with E-state index >= 15 is 0 Å². The summed E-state index contributed by atoms with van der Waals surface area (Å²) in [5.74, 6) is 1.85. The van der Waals surface area contributed by atoms with Crippen molar-refractivity contribution in [3.05, 3.63) is 23.8 Å². The molecule has 3 unspecified atom stereocenters. The van der Waals surface area contributed by atoms with Gasteiger partial charge >= 0.3 is 0 Å². The van der Waals surface area contributed by atoms with Crippen LogP contribution in [-0.2, 0) is 0 Å². The van der Waals surface area contributed by atoms with Crippen LogP contribution in [0.4, 0.5) is 4.39 Å². The smallest absolute Gasteiger partial charge is 0.105 e. The first-order chi connectivity index (χ1) is 7.76. The SMILES string of the molecule is CCC(C1=CCC(C2CC2)C=C1)C(N)CF. The van der Waals surface area contributed by atoms with E-state index in [0.29, 0.717) is 0 Å². The average Bonchev–Trinajstić information content (AvgIpc) is 3.14. The van der Waals surface area contributed by atoms with E-state index in [0.717, 1.165) is 24.7 Å². The third-order valence-electron chi connectivity index (χ3n) is 3.95. The minimum Gasteiger partial charge on any atom is -0.325 e. The Morgan fingerprint density at radius 2 is 2.25 bits per heavy atom. The van der Waals surface area contributed by atoms with Crippen LogP contribution < -0.4 is 5.73 Å². The number of allylic oxidation sites excluding steroid dienone is 3.